The first-order chi connectivity index (χ1) is 14.9. The number of aryl methyl sites for hydroxylation is 1. The highest BCUT2D eigenvalue weighted by Crippen LogP contribution is 2.34. The van der Waals surface area contributed by atoms with Crippen LogP contribution in [0.15, 0.2) is 65.8 Å². The lowest BCUT2D eigenvalue weighted by Gasteiger charge is -2.09. The fourth-order valence-electron chi connectivity index (χ4n) is 2.69. The third-order valence-corrected chi connectivity index (χ3v) is 4.77. The summed E-state index contributed by atoms with van der Waals surface area (Å²) in [5.41, 5.74) is 4.62. The largest absolute Gasteiger partial charge is 0.496 e. The average Bonchev–Trinajstić information content (AvgIpc) is 2.76. The number of benzene rings is 3. The quantitative estimate of drug-likeness (QED) is 0.236. The van der Waals surface area contributed by atoms with E-state index >= 15 is 0 Å². The predicted octanol–water partition coefficient (Wildman–Crippen LogP) is 5.29. The number of carbonyl (C=O) groups excluding carboxylic acids is 2. The molecule has 1 N–H and O–H groups in total. The van der Waals surface area contributed by atoms with Crippen molar-refractivity contribution in [2.75, 3.05) is 7.11 Å². The molecule has 3 aromatic carbocycles. The van der Waals surface area contributed by atoms with Gasteiger partial charge in [0.05, 0.1) is 34.5 Å². The molecule has 0 saturated carbocycles. The summed E-state index contributed by atoms with van der Waals surface area (Å²) in [4.78, 5) is 24.6. The SMILES string of the molecule is COc1cc(C)ccc1C(=O)N/N=C\c1cc(Cl)c(OC(=O)c2ccccc2)c(Cl)c1. The summed E-state index contributed by atoms with van der Waals surface area (Å²) in [6.07, 6.45) is 1.37. The van der Waals surface area contributed by atoms with Crippen molar-refractivity contribution in [1.82, 2.24) is 5.43 Å². The molecule has 0 radical (unpaired) electrons. The minimum atomic E-state index is -0.579. The van der Waals surface area contributed by atoms with Crippen LogP contribution in [0, 0.1) is 6.92 Å². The summed E-state index contributed by atoms with van der Waals surface area (Å²) in [6, 6.07) is 16.7. The number of rotatable bonds is 6. The van der Waals surface area contributed by atoms with Crippen molar-refractivity contribution in [3.8, 4) is 11.5 Å². The Hall–Kier alpha value is -3.35. The molecule has 8 heteroatoms. The van der Waals surface area contributed by atoms with E-state index in [-0.39, 0.29) is 15.8 Å². The van der Waals surface area contributed by atoms with Crippen LogP contribution in [0.2, 0.25) is 10.0 Å². The first-order valence-electron chi connectivity index (χ1n) is 9.13. The molecule has 0 aliphatic carbocycles. The molecular formula is C23H18Cl2N2O4. The molecule has 1 amide bonds. The average molecular weight is 457 g/mol. The number of amides is 1. The number of hydrazone groups is 1. The van der Waals surface area contributed by atoms with E-state index in [1.165, 1.54) is 25.5 Å². The second-order valence-electron chi connectivity index (χ2n) is 6.47. The monoisotopic (exact) mass is 456 g/mol. The molecule has 0 fully saturated rings. The molecule has 0 aliphatic heterocycles. The van der Waals surface area contributed by atoms with Crippen LogP contribution >= 0.6 is 23.2 Å². The molecule has 6 nitrogen and oxygen atoms in total. The van der Waals surface area contributed by atoms with E-state index in [1.54, 1.807) is 48.5 Å². The highest BCUT2D eigenvalue weighted by molar-refractivity contribution is 6.37. The van der Waals surface area contributed by atoms with Crippen molar-refractivity contribution in [2.24, 2.45) is 5.10 Å². The Morgan fingerprint density at radius 1 is 1.00 bits per heavy atom. The fraction of sp³-hybridized carbons (Fsp3) is 0.0870. The van der Waals surface area contributed by atoms with E-state index in [0.29, 0.717) is 22.4 Å². The number of hydrogen-bond acceptors (Lipinski definition) is 5. The van der Waals surface area contributed by atoms with Crippen LogP contribution < -0.4 is 14.9 Å². The van der Waals surface area contributed by atoms with Gasteiger partial charge in [0, 0.05) is 0 Å². The van der Waals surface area contributed by atoms with Crippen LogP contribution in [0.25, 0.3) is 0 Å². The summed E-state index contributed by atoms with van der Waals surface area (Å²) in [7, 11) is 1.49. The Balaban J connectivity index is 1.71. The van der Waals surface area contributed by atoms with Crippen LogP contribution in [-0.2, 0) is 0 Å². The van der Waals surface area contributed by atoms with E-state index in [9.17, 15) is 9.59 Å². The summed E-state index contributed by atoms with van der Waals surface area (Å²) < 4.78 is 10.6. The van der Waals surface area contributed by atoms with Gasteiger partial charge in [-0.05, 0) is 54.4 Å². The second kappa shape index (κ2) is 10.1. The summed E-state index contributed by atoms with van der Waals surface area (Å²) in [5.74, 6) is -0.519. The minimum absolute atomic E-state index is 0.0442. The van der Waals surface area contributed by atoms with Gasteiger partial charge in [-0.25, -0.2) is 10.2 Å². The number of halogens is 2. The number of carbonyl (C=O) groups is 2. The lowest BCUT2D eigenvalue weighted by molar-refractivity contribution is 0.0734. The maximum Gasteiger partial charge on any atom is 0.343 e. The van der Waals surface area contributed by atoms with Gasteiger partial charge in [0.25, 0.3) is 5.91 Å². The Kier molecular flexibility index (Phi) is 7.28. The van der Waals surface area contributed by atoms with E-state index < -0.39 is 11.9 Å². The minimum Gasteiger partial charge on any atom is -0.496 e. The molecule has 0 unspecified atom stereocenters. The van der Waals surface area contributed by atoms with Crippen LogP contribution in [0.4, 0.5) is 0 Å². The maximum absolute atomic E-state index is 12.4. The molecule has 0 heterocycles. The molecule has 0 saturated heterocycles. The summed E-state index contributed by atoms with van der Waals surface area (Å²) in [5, 5.41) is 4.19. The van der Waals surface area contributed by atoms with Crippen molar-refractivity contribution in [1.29, 1.82) is 0 Å². The van der Waals surface area contributed by atoms with E-state index in [1.807, 2.05) is 6.92 Å². The van der Waals surface area contributed by atoms with E-state index in [0.717, 1.165) is 5.56 Å². The highest BCUT2D eigenvalue weighted by Gasteiger charge is 2.15. The fourth-order valence-corrected chi connectivity index (χ4v) is 3.27. The number of nitrogens with zero attached hydrogens (tertiary/aromatic N) is 1. The Bertz CT molecular complexity index is 1120. The van der Waals surface area contributed by atoms with Gasteiger partial charge in [-0.1, -0.05) is 47.5 Å². The highest BCUT2D eigenvalue weighted by atomic mass is 35.5. The Morgan fingerprint density at radius 3 is 2.32 bits per heavy atom. The zero-order valence-electron chi connectivity index (χ0n) is 16.7. The van der Waals surface area contributed by atoms with E-state index in [2.05, 4.69) is 10.5 Å². The van der Waals surface area contributed by atoms with Gasteiger partial charge in [0.15, 0.2) is 5.75 Å². The topological polar surface area (TPSA) is 77.0 Å². The van der Waals surface area contributed by atoms with Crippen molar-refractivity contribution < 1.29 is 19.1 Å². The predicted molar refractivity (Wildman–Crippen MR) is 121 cm³/mol. The first kappa shape index (κ1) is 22.3. The molecule has 0 aliphatic rings. The molecule has 0 spiro atoms. The van der Waals surface area contributed by atoms with E-state index in [4.69, 9.17) is 32.7 Å². The first-order valence-corrected chi connectivity index (χ1v) is 9.89. The Morgan fingerprint density at radius 2 is 1.68 bits per heavy atom. The molecule has 0 bridgehead atoms. The number of esters is 1. The third kappa shape index (κ3) is 5.63. The zero-order chi connectivity index (χ0) is 22.4. The second-order valence-corrected chi connectivity index (χ2v) is 7.29. The lowest BCUT2D eigenvalue weighted by Crippen LogP contribution is -2.18. The van der Waals surface area contributed by atoms with Gasteiger partial charge >= 0.3 is 5.97 Å². The molecule has 3 rings (SSSR count). The normalized spacial score (nSPS) is 10.7. The summed E-state index contributed by atoms with van der Waals surface area (Å²) in [6.45, 7) is 1.90. The van der Waals surface area contributed by atoms with Crippen molar-refractivity contribution >= 4 is 41.3 Å². The van der Waals surface area contributed by atoms with Crippen molar-refractivity contribution in [3.05, 3.63) is 93.0 Å². The molecule has 0 atom stereocenters. The number of methoxy groups -OCH3 is 1. The van der Waals surface area contributed by atoms with Gasteiger partial charge in [-0.2, -0.15) is 5.10 Å². The van der Waals surface area contributed by atoms with Gasteiger partial charge in [-0.3, -0.25) is 4.79 Å². The Labute approximate surface area is 189 Å². The van der Waals surface area contributed by atoms with Gasteiger partial charge in [0.2, 0.25) is 0 Å². The zero-order valence-corrected chi connectivity index (χ0v) is 18.2. The number of ether oxygens (including phenoxy) is 2. The van der Waals surface area contributed by atoms with Gasteiger partial charge in [-0.15, -0.1) is 0 Å². The smallest absolute Gasteiger partial charge is 0.343 e. The number of nitrogens with one attached hydrogen (secondary N) is 1. The molecule has 0 aromatic heterocycles. The van der Waals surface area contributed by atoms with Crippen molar-refractivity contribution in [2.45, 2.75) is 6.92 Å². The van der Waals surface area contributed by atoms with Crippen LogP contribution in [0.5, 0.6) is 11.5 Å². The molecule has 158 valence electrons. The maximum atomic E-state index is 12.4. The molecule has 31 heavy (non-hydrogen) atoms. The van der Waals surface area contributed by atoms with Crippen molar-refractivity contribution in [3.63, 3.8) is 0 Å². The van der Waals surface area contributed by atoms with Gasteiger partial charge in [0.1, 0.15) is 5.75 Å². The molecular weight excluding hydrogens is 439 g/mol. The van der Waals surface area contributed by atoms with Gasteiger partial charge < -0.3 is 9.47 Å². The van der Waals surface area contributed by atoms with Crippen LogP contribution in [0.1, 0.15) is 31.8 Å². The standard InChI is InChI=1S/C23H18Cl2N2O4/c1-14-8-9-17(20(10-14)30-2)22(28)27-26-13-15-11-18(24)21(19(25)12-15)31-23(29)16-6-4-3-5-7-16/h3-13H,1-2H3,(H,27,28)/b26-13-. The number of hydrogen-bond donors (Lipinski definition) is 1. The van der Waals surface area contributed by atoms with Crippen LogP contribution in [-0.4, -0.2) is 25.2 Å². The molecule has 3 aromatic rings. The summed E-state index contributed by atoms with van der Waals surface area (Å²) >= 11 is 12.5. The lowest BCUT2D eigenvalue weighted by atomic mass is 10.1. The third-order valence-electron chi connectivity index (χ3n) is 4.21. The van der Waals surface area contributed by atoms with Crippen LogP contribution in [0.3, 0.4) is 0 Å².